The fourth-order valence-corrected chi connectivity index (χ4v) is 3.54. The van der Waals surface area contributed by atoms with Gasteiger partial charge < -0.3 is 10.2 Å². The van der Waals surface area contributed by atoms with Crippen molar-refractivity contribution < 1.29 is 4.79 Å². The van der Waals surface area contributed by atoms with E-state index in [1.165, 1.54) is 17.7 Å². The normalized spacial score (nSPS) is 18.9. The molecule has 0 saturated carbocycles. The first-order valence-electron chi connectivity index (χ1n) is 7.88. The van der Waals surface area contributed by atoms with Gasteiger partial charge in [-0.15, -0.1) is 11.3 Å². The molecule has 2 heterocycles. The van der Waals surface area contributed by atoms with E-state index in [1.54, 1.807) is 11.3 Å². The van der Waals surface area contributed by atoms with E-state index in [0.29, 0.717) is 12.5 Å². The van der Waals surface area contributed by atoms with E-state index in [-0.39, 0.29) is 5.91 Å². The molecule has 0 radical (unpaired) electrons. The molecule has 0 bridgehead atoms. The van der Waals surface area contributed by atoms with E-state index in [0.717, 1.165) is 32.7 Å². The number of piperidine rings is 1. The average molecular weight is 309 g/mol. The molecule has 21 heavy (non-hydrogen) atoms. The van der Waals surface area contributed by atoms with Crippen molar-refractivity contribution in [1.82, 2.24) is 15.1 Å². The number of nitrogens with one attached hydrogen (secondary N) is 1. The largest absolute Gasteiger partial charge is 0.340 e. The van der Waals surface area contributed by atoms with Crippen LogP contribution in [0.4, 0.5) is 0 Å². The van der Waals surface area contributed by atoms with Crippen molar-refractivity contribution in [1.29, 1.82) is 0 Å². The summed E-state index contributed by atoms with van der Waals surface area (Å²) in [4.78, 5) is 17.7. The molecule has 118 valence electrons. The Kier molecular flexibility index (Phi) is 6.67. The predicted molar refractivity (Wildman–Crippen MR) is 88.5 cm³/mol. The summed E-state index contributed by atoms with van der Waals surface area (Å²) < 4.78 is 0. The van der Waals surface area contributed by atoms with Gasteiger partial charge in [-0.25, -0.2) is 0 Å². The van der Waals surface area contributed by atoms with Crippen LogP contribution in [0, 0.1) is 5.92 Å². The lowest BCUT2D eigenvalue weighted by atomic mass is 9.99. The third-order valence-corrected chi connectivity index (χ3v) is 4.98. The first kappa shape index (κ1) is 16.5. The highest BCUT2D eigenvalue weighted by atomic mass is 32.1. The van der Waals surface area contributed by atoms with Crippen molar-refractivity contribution in [3.8, 4) is 0 Å². The van der Waals surface area contributed by atoms with Crippen molar-refractivity contribution in [3.05, 3.63) is 22.4 Å². The lowest BCUT2D eigenvalue weighted by molar-refractivity contribution is -0.131. The average Bonchev–Trinajstić information content (AvgIpc) is 3.00. The molecule has 1 amide bonds. The van der Waals surface area contributed by atoms with Crippen LogP contribution in [0.25, 0.3) is 0 Å². The second kappa shape index (κ2) is 8.51. The minimum absolute atomic E-state index is 0.217. The highest BCUT2D eigenvalue weighted by Crippen LogP contribution is 2.13. The first-order valence-corrected chi connectivity index (χ1v) is 8.76. The molecule has 1 aliphatic rings. The highest BCUT2D eigenvalue weighted by molar-refractivity contribution is 7.09. The van der Waals surface area contributed by atoms with Gasteiger partial charge in [-0.1, -0.05) is 13.0 Å². The maximum Gasteiger partial charge on any atom is 0.236 e. The topological polar surface area (TPSA) is 35.6 Å². The van der Waals surface area contributed by atoms with Gasteiger partial charge in [0.25, 0.3) is 0 Å². The van der Waals surface area contributed by atoms with Crippen LogP contribution in [0.2, 0.25) is 0 Å². The number of rotatable bonds is 7. The summed E-state index contributed by atoms with van der Waals surface area (Å²) in [6.07, 6.45) is 2.54. The highest BCUT2D eigenvalue weighted by Gasteiger charge is 2.19. The van der Waals surface area contributed by atoms with Crippen molar-refractivity contribution >= 4 is 17.2 Å². The zero-order valence-electron chi connectivity index (χ0n) is 13.2. The number of nitrogens with zero attached hydrogens (tertiary/aromatic N) is 2. The van der Waals surface area contributed by atoms with Crippen LogP contribution >= 0.6 is 11.3 Å². The van der Waals surface area contributed by atoms with Crippen molar-refractivity contribution in [2.24, 2.45) is 5.92 Å². The fraction of sp³-hybridized carbons (Fsp3) is 0.688. The summed E-state index contributed by atoms with van der Waals surface area (Å²) in [7, 11) is 1.90. The van der Waals surface area contributed by atoms with Gasteiger partial charge in [0.05, 0.1) is 13.1 Å². The van der Waals surface area contributed by atoms with Crippen LogP contribution < -0.4 is 5.32 Å². The SMILES string of the molecule is CCN(CC(=O)N(C)Cc1cccs1)CC1CCCNC1. The number of carbonyl (C=O) groups excluding carboxylic acids is 1. The second-order valence-corrected chi connectivity index (χ2v) is 6.90. The Labute approximate surface area is 132 Å². The van der Waals surface area contributed by atoms with Crippen molar-refractivity contribution in [2.75, 3.05) is 39.8 Å². The summed E-state index contributed by atoms with van der Waals surface area (Å²) in [5, 5.41) is 5.51. The van der Waals surface area contributed by atoms with Crippen LogP contribution in [-0.4, -0.2) is 55.5 Å². The maximum atomic E-state index is 12.4. The van der Waals surface area contributed by atoms with E-state index in [9.17, 15) is 4.79 Å². The third kappa shape index (κ3) is 5.41. The van der Waals surface area contributed by atoms with Gasteiger partial charge in [-0.3, -0.25) is 9.69 Å². The van der Waals surface area contributed by atoms with Gasteiger partial charge in [0.1, 0.15) is 0 Å². The zero-order chi connectivity index (χ0) is 15.1. The summed E-state index contributed by atoms with van der Waals surface area (Å²) in [5.41, 5.74) is 0. The number of thiophene rings is 1. The molecule has 5 heteroatoms. The van der Waals surface area contributed by atoms with Gasteiger partial charge in [0.15, 0.2) is 0 Å². The molecule has 1 aromatic rings. The van der Waals surface area contributed by atoms with E-state index in [1.807, 2.05) is 18.0 Å². The van der Waals surface area contributed by atoms with Crippen LogP contribution in [0.1, 0.15) is 24.6 Å². The Morgan fingerprint density at radius 1 is 1.52 bits per heavy atom. The minimum Gasteiger partial charge on any atom is -0.340 e. The molecule has 0 aliphatic carbocycles. The molecule has 1 atom stereocenters. The van der Waals surface area contributed by atoms with E-state index < -0.39 is 0 Å². The molecular weight excluding hydrogens is 282 g/mol. The van der Waals surface area contributed by atoms with E-state index in [4.69, 9.17) is 0 Å². The van der Waals surface area contributed by atoms with Crippen LogP contribution in [0.3, 0.4) is 0 Å². The van der Waals surface area contributed by atoms with Crippen LogP contribution in [0.15, 0.2) is 17.5 Å². The van der Waals surface area contributed by atoms with Gasteiger partial charge in [-0.2, -0.15) is 0 Å². The molecule has 1 N–H and O–H groups in total. The molecule has 1 fully saturated rings. The molecule has 0 spiro atoms. The van der Waals surface area contributed by atoms with Gasteiger partial charge >= 0.3 is 0 Å². The lowest BCUT2D eigenvalue weighted by Gasteiger charge is -2.30. The van der Waals surface area contributed by atoms with Gasteiger partial charge in [0.2, 0.25) is 5.91 Å². The molecule has 1 aromatic heterocycles. The first-order chi connectivity index (χ1) is 10.2. The molecule has 1 aliphatic heterocycles. The van der Waals surface area contributed by atoms with Gasteiger partial charge in [0, 0.05) is 18.5 Å². The Morgan fingerprint density at radius 3 is 3.00 bits per heavy atom. The zero-order valence-corrected chi connectivity index (χ0v) is 14.0. The van der Waals surface area contributed by atoms with Crippen LogP contribution in [-0.2, 0) is 11.3 Å². The molecule has 1 unspecified atom stereocenters. The second-order valence-electron chi connectivity index (χ2n) is 5.87. The summed E-state index contributed by atoms with van der Waals surface area (Å²) in [5.74, 6) is 0.906. The number of likely N-dealkylation sites (N-methyl/N-ethyl adjacent to an activating group) is 2. The smallest absolute Gasteiger partial charge is 0.236 e. The number of amides is 1. The van der Waals surface area contributed by atoms with Crippen molar-refractivity contribution in [2.45, 2.75) is 26.3 Å². The minimum atomic E-state index is 0.217. The number of carbonyl (C=O) groups is 1. The molecule has 0 aromatic carbocycles. The summed E-state index contributed by atoms with van der Waals surface area (Å²) in [6, 6.07) is 4.12. The molecule has 4 nitrogen and oxygen atoms in total. The fourth-order valence-electron chi connectivity index (χ4n) is 2.79. The monoisotopic (exact) mass is 309 g/mol. The summed E-state index contributed by atoms with van der Waals surface area (Å²) >= 11 is 1.71. The maximum absolute atomic E-state index is 12.4. The molecule has 2 rings (SSSR count). The quantitative estimate of drug-likeness (QED) is 0.837. The Bertz CT molecular complexity index is 415. The predicted octanol–water partition coefficient (Wildman–Crippen LogP) is 2.03. The standard InChI is InChI=1S/C16H27N3OS/c1-3-19(11-14-6-4-8-17-10-14)13-16(20)18(2)12-15-7-5-9-21-15/h5,7,9,14,17H,3-4,6,8,10-13H2,1-2H3. The Hall–Kier alpha value is -0.910. The number of hydrogen-bond donors (Lipinski definition) is 1. The van der Waals surface area contributed by atoms with E-state index >= 15 is 0 Å². The van der Waals surface area contributed by atoms with Crippen molar-refractivity contribution in [3.63, 3.8) is 0 Å². The van der Waals surface area contributed by atoms with E-state index in [2.05, 4.69) is 28.6 Å². The Balaban J connectivity index is 1.78. The molecule has 1 saturated heterocycles. The third-order valence-electron chi connectivity index (χ3n) is 4.12. The Morgan fingerprint density at radius 2 is 2.38 bits per heavy atom. The summed E-state index contributed by atoms with van der Waals surface area (Å²) in [6.45, 7) is 7.61. The molecular formula is C16H27N3OS. The van der Waals surface area contributed by atoms with Crippen LogP contribution in [0.5, 0.6) is 0 Å². The van der Waals surface area contributed by atoms with Gasteiger partial charge in [-0.05, 0) is 49.8 Å². The number of hydrogen-bond acceptors (Lipinski definition) is 4. The lowest BCUT2D eigenvalue weighted by Crippen LogP contribution is -2.43.